The summed E-state index contributed by atoms with van der Waals surface area (Å²) in [4.78, 5) is 5.19. The number of β-amino-alcohol motifs (C(OH)–C–C–N with tert-alkyl or cyclic N) is 1. The molecule has 0 heterocycles. The molecule has 0 aliphatic rings. The molecule has 0 bridgehead atoms. The molecule has 4 nitrogen and oxygen atoms in total. The van der Waals surface area contributed by atoms with Crippen LogP contribution in [0.4, 0.5) is 0 Å². The van der Waals surface area contributed by atoms with Crippen molar-refractivity contribution in [2.75, 3.05) is 13.2 Å². The van der Waals surface area contributed by atoms with Crippen LogP contribution < -0.4 is 5.32 Å². The van der Waals surface area contributed by atoms with Gasteiger partial charge in [0.2, 0.25) is 0 Å². The minimum Gasteiger partial charge on any atom is -0.393 e. The molecule has 20 heavy (non-hydrogen) atoms. The van der Waals surface area contributed by atoms with Gasteiger partial charge < -0.3 is 15.3 Å². The van der Waals surface area contributed by atoms with Gasteiger partial charge in [0.1, 0.15) is 12.7 Å². The number of rotatable bonds is 6. The Labute approximate surface area is 129 Å². The van der Waals surface area contributed by atoms with Crippen molar-refractivity contribution in [1.82, 2.24) is 5.32 Å². The van der Waals surface area contributed by atoms with Crippen LogP contribution >= 0.6 is 15.9 Å². The minimum absolute atomic E-state index is 0.0163. The summed E-state index contributed by atoms with van der Waals surface area (Å²) >= 11 is 3.39. The topological polar surface area (TPSA) is 53.9 Å². The summed E-state index contributed by atoms with van der Waals surface area (Å²) in [6.07, 6.45) is -0.573. The van der Waals surface area contributed by atoms with Crippen LogP contribution in [0.15, 0.2) is 33.9 Å². The highest BCUT2D eigenvalue weighted by Crippen LogP contribution is 2.11. The van der Waals surface area contributed by atoms with Gasteiger partial charge in [-0.2, -0.15) is 0 Å². The van der Waals surface area contributed by atoms with E-state index in [-0.39, 0.29) is 12.1 Å². The maximum atomic E-state index is 9.77. The number of benzene rings is 1. The standard InChI is InChI=1S/C15H23BrN2O2/c1-11(12-5-7-13(16)8-6-12)18-20-10-14(19)9-17-15(2,3)4/h5-8,14,17,19H,9-10H2,1-4H3/b18-11+. The maximum absolute atomic E-state index is 9.77. The first-order valence-electron chi connectivity index (χ1n) is 6.63. The summed E-state index contributed by atoms with van der Waals surface area (Å²) in [7, 11) is 0. The van der Waals surface area contributed by atoms with Gasteiger partial charge in [0.25, 0.3) is 0 Å². The van der Waals surface area contributed by atoms with E-state index in [0.717, 1.165) is 15.7 Å². The van der Waals surface area contributed by atoms with Crippen LogP contribution in [0.2, 0.25) is 0 Å². The van der Waals surface area contributed by atoms with Crippen LogP contribution in [0.25, 0.3) is 0 Å². The summed E-state index contributed by atoms with van der Waals surface area (Å²) in [5.74, 6) is 0. The van der Waals surface area contributed by atoms with Crippen molar-refractivity contribution in [3.63, 3.8) is 0 Å². The SMILES string of the molecule is C/C(=N\OCC(O)CNC(C)(C)C)c1ccc(Br)cc1. The predicted octanol–water partition coefficient (Wildman–Crippen LogP) is 2.94. The summed E-state index contributed by atoms with van der Waals surface area (Å²) in [5.41, 5.74) is 1.77. The molecule has 0 fully saturated rings. The van der Waals surface area contributed by atoms with E-state index >= 15 is 0 Å². The Kier molecular flexibility index (Phi) is 6.65. The second kappa shape index (κ2) is 7.76. The van der Waals surface area contributed by atoms with Gasteiger partial charge in [-0.25, -0.2) is 0 Å². The van der Waals surface area contributed by atoms with Gasteiger partial charge in [0.05, 0.1) is 5.71 Å². The van der Waals surface area contributed by atoms with E-state index in [1.54, 1.807) is 0 Å². The first-order chi connectivity index (χ1) is 9.28. The lowest BCUT2D eigenvalue weighted by molar-refractivity contribution is 0.0373. The van der Waals surface area contributed by atoms with Gasteiger partial charge in [0.15, 0.2) is 0 Å². The van der Waals surface area contributed by atoms with E-state index in [4.69, 9.17) is 4.84 Å². The van der Waals surface area contributed by atoms with Crippen molar-refractivity contribution in [2.24, 2.45) is 5.16 Å². The molecule has 0 aliphatic carbocycles. The molecule has 0 amide bonds. The number of oxime groups is 1. The van der Waals surface area contributed by atoms with E-state index in [1.165, 1.54) is 0 Å². The van der Waals surface area contributed by atoms with Crippen molar-refractivity contribution >= 4 is 21.6 Å². The van der Waals surface area contributed by atoms with E-state index in [0.29, 0.717) is 6.54 Å². The number of aliphatic hydroxyl groups excluding tert-OH is 1. The highest BCUT2D eigenvalue weighted by Gasteiger charge is 2.12. The lowest BCUT2D eigenvalue weighted by atomic mass is 10.1. The average molecular weight is 343 g/mol. The first kappa shape index (κ1) is 17.1. The third kappa shape index (κ3) is 7.03. The van der Waals surface area contributed by atoms with Crippen molar-refractivity contribution in [1.29, 1.82) is 0 Å². The maximum Gasteiger partial charge on any atom is 0.144 e. The van der Waals surface area contributed by atoms with Gasteiger partial charge in [-0.3, -0.25) is 0 Å². The number of nitrogens with one attached hydrogen (secondary N) is 1. The number of halogens is 1. The smallest absolute Gasteiger partial charge is 0.144 e. The van der Waals surface area contributed by atoms with E-state index in [1.807, 2.05) is 31.2 Å². The molecule has 1 aromatic carbocycles. The van der Waals surface area contributed by atoms with Crippen molar-refractivity contribution in [2.45, 2.75) is 39.3 Å². The largest absolute Gasteiger partial charge is 0.393 e. The summed E-state index contributed by atoms with van der Waals surface area (Å²) in [6, 6.07) is 7.83. The normalized spacial score (nSPS) is 14.2. The predicted molar refractivity (Wildman–Crippen MR) is 86.1 cm³/mol. The molecular weight excluding hydrogens is 320 g/mol. The zero-order chi connectivity index (χ0) is 15.2. The summed E-state index contributed by atoms with van der Waals surface area (Å²) < 4.78 is 1.03. The average Bonchev–Trinajstić information content (AvgIpc) is 2.36. The van der Waals surface area contributed by atoms with Crippen molar-refractivity contribution < 1.29 is 9.94 Å². The number of hydrogen-bond donors (Lipinski definition) is 2. The Morgan fingerprint density at radius 3 is 2.50 bits per heavy atom. The van der Waals surface area contributed by atoms with E-state index < -0.39 is 6.10 Å². The van der Waals surface area contributed by atoms with Crippen LogP contribution in [-0.4, -0.2) is 35.6 Å². The molecule has 2 N–H and O–H groups in total. The van der Waals surface area contributed by atoms with Crippen LogP contribution in [0.5, 0.6) is 0 Å². The quantitative estimate of drug-likeness (QED) is 0.617. The molecule has 1 rings (SSSR count). The van der Waals surface area contributed by atoms with Gasteiger partial charge in [0, 0.05) is 16.6 Å². The summed E-state index contributed by atoms with van der Waals surface area (Å²) in [5, 5.41) is 17.0. The third-order valence-corrected chi connectivity index (χ3v) is 3.13. The molecule has 0 spiro atoms. The fourth-order valence-electron chi connectivity index (χ4n) is 1.45. The number of hydrogen-bond acceptors (Lipinski definition) is 4. The molecule has 5 heteroatoms. The van der Waals surface area contributed by atoms with Gasteiger partial charge in [-0.15, -0.1) is 0 Å². The molecule has 0 aliphatic heterocycles. The highest BCUT2D eigenvalue weighted by atomic mass is 79.9. The minimum atomic E-state index is -0.573. The Morgan fingerprint density at radius 2 is 1.95 bits per heavy atom. The molecule has 1 unspecified atom stereocenters. The van der Waals surface area contributed by atoms with Gasteiger partial charge in [-0.05, 0) is 45.4 Å². The molecule has 1 atom stereocenters. The molecular formula is C15H23BrN2O2. The molecule has 1 aromatic rings. The van der Waals surface area contributed by atoms with E-state index in [2.05, 4.69) is 47.2 Å². The zero-order valence-corrected chi connectivity index (χ0v) is 14.1. The van der Waals surface area contributed by atoms with Crippen LogP contribution in [0.3, 0.4) is 0 Å². The number of aliphatic hydroxyl groups is 1. The third-order valence-electron chi connectivity index (χ3n) is 2.60. The monoisotopic (exact) mass is 342 g/mol. The van der Waals surface area contributed by atoms with Crippen LogP contribution in [0, 0.1) is 0 Å². The molecule has 0 radical (unpaired) electrons. The lowest BCUT2D eigenvalue weighted by Crippen LogP contribution is -2.42. The summed E-state index contributed by atoms with van der Waals surface area (Å²) in [6.45, 7) is 8.69. The van der Waals surface area contributed by atoms with Crippen LogP contribution in [0.1, 0.15) is 33.3 Å². The fourth-order valence-corrected chi connectivity index (χ4v) is 1.71. The van der Waals surface area contributed by atoms with Crippen molar-refractivity contribution in [3.05, 3.63) is 34.3 Å². The fraction of sp³-hybridized carbons (Fsp3) is 0.533. The van der Waals surface area contributed by atoms with Crippen LogP contribution in [-0.2, 0) is 4.84 Å². The second-order valence-corrected chi connectivity index (χ2v) is 6.68. The Hall–Kier alpha value is -0.910. The number of nitrogens with zero attached hydrogens (tertiary/aromatic N) is 1. The van der Waals surface area contributed by atoms with Crippen molar-refractivity contribution in [3.8, 4) is 0 Å². The highest BCUT2D eigenvalue weighted by molar-refractivity contribution is 9.10. The Balaban J connectivity index is 2.38. The molecule has 112 valence electrons. The van der Waals surface area contributed by atoms with Gasteiger partial charge >= 0.3 is 0 Å². The first-order valence-corrected chi connectivity index (χ1v) is 7.43. The molecule has 0 aromatic heterocycles. The van der Waals surface area contributed by atoms with E-state index in [9.17, 15) is 5.11 Å². The second-order valence-electron chi connectivity index (χ2n) is 5.76. The Bertz CT molecular complexity index is 438. The molecule has 0 saturated heterocycles. The molecule has 0 saturated carbocycles. The zero-order valence-electron chi connectivity index (χ0n) is 12.5. The Morgan fingerprint density at radius 1 is 1.35 bits per heavy atom. The van der Waals surface area contributed by atoms with Gasteiger partial charge in [-0.1, -0.05) is 33.2 Å². The lowest BCUT2D eigenvalue weighted by Gasteiger charge is -2.22.